The van der Waals surface area contributed by atoms with E-state index in [9.17, 15) is 9.59 Å². The highest BCUT2D eigenvalue weighted by molar-refractivity contribution is 5.70. The summed E-state index contributed by atoms with van der Waals surface area (Å²) in [6.07, 6.45) is 5.96. The number of nitrogens with zero attached hydrogens (tertiary/aromatic N) is 1. The first-order valence-corrected chi connectivity index (χ1v) is 7.33. The van der Waals surface area contributed by atoms with Gasteiger partial charge in [0.05, 0.1) is 7.11 Å². The lowest BCUT2D eigenvalue weighted by Crippen LogP contribution is -2.19. The first kappa shape index (κ1) is 16.5. The Morgan fingerprint density at radius 1 is 1.22 bits per heavy atom. The number of aliphatic carboxylic acids is 1. The van der Waals surface area contributed by atoms with Crippen LogP contribution in [0.25, 0.3) is 12.2 Å². The maximum absolute atomic E-state index is 12.0. The Morgan fingerprint density at radius 3 is 2.61 bits per heavy atom. The van der Waals surface area contributed by atoms with Crippen LogP contribution in [-0.4, -0.2) is 22.8 Å². The predicted molar refractivity (Wildman–Crippen MR) is 89.5 cm³/mol. The van der Waals surface area contributed by atoms with Gasteiger partial charge in [0.15, 0.2) is 0 Å². The summed E-state index contributed by atoms with van der Waals surface area (Å²) in [5.41, 5.74) is 1.64. The quantitative estimate of drug-likeness (QED) is 0.853. The summed E-state index contributed by atoms with van der Waals surface area (Å²) >= 11 is 0. The van der Waals surface area contributed by atoms with Gasteiger partial charge < -0.3 is 14.4 Å². The van der Waals surface area contributed by atoms with Gasteiger partial charge in [-0.3, -0.25) is 9.59 Å². The second kappa shape index (κ2) is 7.98. The van der Waals surface area contributed by atoms with E-state index in [2.05, 4.69) is 0 Å². The van der Waals surface area contributed by atoms with Crippen LogP contribution in [0.15, 0.2) is 47.4 Å². The molecule has 0 unspecified atom stereocenters. The molecule has 0 radical (unpaired) electrons. The maximum atomic E-state index is 12.0. The molecule has 1 N–H and O–H groups in total. The summed E-state index contributed by atoms with van der Waals surface area (Å²) in [5, 5.41) is 8.62. The third-order valence-electron chi connectivity index (χ3n) is 3.37. The Hall–Kier alpha value is -2.82. The van der Waals surface area contributed by atoms with Crippen LogP contribution in [-0.2, 0) is 11.3 Å². The Bertz CT molecular complexity index is 762. The number of ether oxygens (including phenoxy) is 1. The van der Waals surface area contributed by atoms with E-state index in [0.29, 0.717) is 13.0 Å². The number of pyridine rings is 1. The fourth-order valence-electron chi connectivity index (χ4n) is 2.15. The van der Waals surface area contributed by atoms with E-state index in [1.165, 1.54) is 10.6 Å². The average molecular weight is 313 g/mol. The SMILES string of the molecule is COc1cccc(/C=C/c2ccn(CCCC(=O)O)c(=O)c2)c1. The van der Waals surface area contributed by atoms with Crippen molar-refractivity contribution in [3.8, 4) is 5.75 Å². The first-order valence-electron chi connectivity index (χ1n) is 7.33. The fourth-order valence-corrected chi connectivity index (χ4v) is 2.15. The van der Waals surface area contributed by atoms with Gasteiger partial charge in [-0.2, -0.15) is 0 Å². The van der Waals surface area contributed by atoms with Gasteiger partial charge in [-0.1, -0.05) is 24.3 Å². The molecule has 0 aliphatic heterocycles. The van der Waals surface area contributed by atoms with E-state index in [0.717, 1.165) is 16.9 Å². The first-order chi connectivity index (χ1) is 11.1. The van der Waals surface area contributed by atoms with Gasteiger partial charge in [0.2, 0.25) is 0 Å². The van der Waals surface area contributed by atoms with Crippen molar-refractivity contribution in [2.75, 3.05) is 7.11 Å². The van der Waals surface area contributed by atoms with Crippen molar-refractivity contribution in [3.05, 3.63) is 64.1 Å². The Kier molecular flexibility index (Phi) is 5.74. The third-order valence-corrected chi connectivity index (χ3v) is 3.37. The summed E-state index contributed by atoms with van der Waals surface area (Å²) in [7, 11) is 1.62. The van der Waals surface area contributed by atoms with Crippen molar-refractivity contribution in [1.82, 2.24) is 4.57 Å². The molecule has 5 nitrogen and oxygen atoms in total. The molecule has 23 heavy (non-hydrogen) atoms. The van der Waals surface area contributed by atoms with Crippen LogP contribution in [0, 0.1) is 0 Å². The van der Waals surface area contributed by atoms with Gasteiger partial charge >= 0.3 is 5.97 Å². The topological polar surface area (TPSA) is 68.5 Å². The number of carbonyl (C=O) groups is 1. The third kappa shape index (κ3) is 5.14. The molecular weight excluding hydrogens is 294 g/mol. The molecular formula is C18H19NO4. The number of hydrogen-bond donors (Lipinski definition) is 1. The van der Waals surface area contributed by atoms with Crippen molar-refractivity contribution >= 4 is 18.1 Å². The number of methoxy groups -OCH3 is 1. The molecule has 0 spiro atoms. The molecule has 0 amide bonds. The zero-order chi connectivity index (χ0) is 16.7. The van der Waals surface area contributed by atoms with Crippen molar-refractivity contribution in [2.24, 2.45) is 0 Å². The lowest BCUT2D eigenvalue weighted by Gasteiger charge is -2.04. The molecule has 1 aromatic carbocycles. The number of rotatable bonds is 7. The lowest BCUT2D eigenvalue weighted by atomic mass is 10.1. The fraction of sp³-hybridized carbons (Fsp3) is 0.222. The normalized spacial score (nSPS) is 10.8. The van der Waals surface area contributed by atoms with Gasteiger partial charge in [0, 0.05) is 25.2 Å². The van der Waals surface area contributed by atoms with Crippen molar-refractivity contribution in [2.45, 2.75) is 19.4 Å². The van der Waals surface area contributed by atoms with Crippen LogP contribution in [0.3, 0.4) is 0 Å². The van der Waals surface area contributed by atoms with Crippen LogP contribution in [0.5, 0.6) is 5.75 Å². The van der Waals surface area contributed by atoms with Crippen molar-refractivity contribution in [3.63, 3.8) is 0 Å². The van der Waals surface area contributed by atoms with Gasteiger partial charge in [0.1, 0.15) is 5.75 Å². The number of hydrogen-bond acceptors (Lipinski definition) is 3. The summed E-state index contributed by atoms with van der Waals surface area (Å²) < 4.78 is 6.69. The van der Waals surface area contributed by atoms with Gasteiger partial charge in [0.25, 0.3) is 5.56 Å². The molecule has 5 heteroatoms. The van der Waals surface area contributed by atoms with Gasteiger partial charge in [-0.05, 0) is 35.7 Å². The molecule has 1 heterocycles. The number of carboxylic acids is 1. The predicted octanol–water partition coefficient (Wildman–Crippen LogP) is 2.89. The highest BCUT2D eigenvalue weighted by atomic mass is 16.5. The molecule has 0 saturated carbocycles. The van der Waals surface area contributed by atoms with E-state index in [1.807, 2.05) is 42.5 Å². The van der Waals surface area contributed by atoms with E-state index in [4.69, 9.17) is 9.84 Å². The Labute approximate surface area is 134 Å². The number of aromatic nitrogens is 1. The number of benzene rings is 1. The van der Waals surface area contributed by atoms with Crippen LogP contribution in [0.2, 0.25) is 0 Å². The van der Waals surface area contributed by atoms with E-state index in [1.54, 1.807) is 13.3 Å². The summed E-state index contributed by atoms with van der Waals surface area (Å²) in [6.45, 7) is 0.408. The highest BCUT2D eigenvalue weighted by Crippen LogP contribution is 2.14. The highest BCUT2D eigenvalue weighted by Gasteiger charge is 2.00. The zero-order valence-electron chi connectivity index (χ0n) is 12.9. The second-order valence-electron chi connectivity index (χ2n) is 5.10. The second-order valence-corrected chi connectivity index (χ2v) is 5.10. The molecule has 0 saturated heterocycles. The van der Waals surface area contributed by atoms with E-state index in [-0.39, 0.29) is 12.0 Å². The van der Waals surface area contributed by atoms with E-state index >= 15 is 0 Å². The summed E-state index contributed by atoms with van der Waals surface area (Å²) in [4.78, 5) is 22.5. The minimum absolute atomic E-state index is 0.0595. The standard InChI is InChI=1S/C18H19NO4/c1-23-16-5-2-4-14(12-16)7-8-15-9-11-19(17(20)13-15)10-3-6-18(21)22/h2,4-5,7-9,11-13H,3,6,10H2,1H3,(H,21,22)/b8-7+. The van der Waals surface area contributed by atoms with E-state index < -0.39 is 5.97 Å². The largest absolute Gasteiger partial charge is 0.497 e. The minimum atomic E-state index is -0.851. The van der Waals surface area contributed by atoms with Gasteiger partial charge in [-0.25, -0.2) is 0 Å². The van der Waals surface area contributed by atoms with Crippen LogP contribution in [0.4, 0.5) is 0 Å². The van der Waals surface area contributed by atoms with Crippen molar-refractivity contribution < 1.29 is 14.6 Å². The maximum Gasteiger partial charge on any atom is 0.303 e. The molecule has 2 aromatic rings. The smallest absolute Gasteiger partial charge is 0.303 e. The Morgan fingerprint density at radius 2 is 1.96 bits per heavy atom. The number of carboxylic acid groups (broad SMARTS) is 1. The molecule has 0 aliphatic carbocycles. The average Bonchev–Trinajstić information content (AvgIpc) is 2.54. The molecule has 120 valence electrons. The minimum Gasteiger partial charge on any atom is -0.497 e. The molecule has 0 aliphatic rings. The summed E-state index contributed by atoms with van der Waals surface area (Å²) in [6, 6.07) is 11.0. The molecule has 0 atom stereocenters. The molecule has 1 aromatic heterocycles. The number of aryl methyl sites for hydroxylation is 1. The lowest BCUT2D eigenvalue weighted by molar-refractivity contribution is -0.137. The zero-order valence-corrected chi connectivity index (χ0v) is 12.9. The Balaban J connectivity index is 2.06. The molecule has 2 rings (SSSR count). The van der Waals surface area contributed by atoms with Crippen molar-refractivity contribution in [1.29, 1.82) is 0 Å². The van der Waals surface area contributed by atoms with Crippen LogP contribution < -0.4 is 10.3 Å². The monoisotopic (exact) mass is 313 g/mol. The molecule has 0 fully saturated rings. The van der Waals surface area contributed by atoms with Crippen LogP contribution >= 0.6 is 0 Å². The molecule has 0 bridgehead atoms. The summed E-state index contributed by atoms with van der Waals surface area (Å²) in [5.74, 6) is -0.0723. The van der Waals surface area contributed by atoms with Crippen LogP contribution in [0.1, 0.15) is 24.0 Å². The van der Waals surface area contributed by atoms with Gasteiger partial charge in [-0.15, -0.1) is 0 Å².